The Bertz CT molecular complexity index is 491. The van der Waals surface area contributed by atoms with Crippen LogP contribution in [-0.4, -0.2) is 49.1 Å². The molecule has 7 nitrogen and oxygen atoms in total. The smallest absolute Gasteiger partial charge is 0.303 e. The molecule has 1 aromatic heterocycles. The molecule has 2 rings (SSSR count). The zero-order chi connectivity index (χ0) is 13.7. The molecule has 1 aromatic rings. The second-order valence-electron chi connectivity index (χ2n) is 4.53. The Morgan fingerprint density at radius 1 is 1.47 bits per heavy atom. The van der Waals surface area contributed by atoms with E-state index in [4.69, 9.17) is 0 Å². The third-order valence-corrected chi connectivity index (χ3v) is 4.69. The quantitative estimate of drug-likeness (QED) is 0.807. The van der Waals surface area contributed by atoms with Crippen LogP contribution < -0.4 is 10.0 Å². The Morgan fingerprint density at radius 2 is 2.32 bits per heavy atom. The molecule has 0 saturated carbocycles. The van der Waals surface area contributed by atoms with Gasteiger partial charge in [0.2, 0.25) is 0 Å². The summed E-state index contributed by atoms with van der Waals surface area (Å²) in [6.07, 6.45) is 4.33. The number of piperidine rings is 1. The van der Waals surface area contributed by atoms with Crippen LogP contribution >= 0.6 is 0 Å². The van der Waals surface area contributed by atoms with Gasteiger partial charge in [-0.25, -0.2) is 0 Å². The van der Waals surface area contributed by atoms with E-state index in [1.165, 1.54) is 10.5 Å². The molecule has 1 atom stereocenters. The topological polar surface area (TPSA) is 87.2 Å². The number of likely N-dealkylation sites (N-methyl/N-ethyl adjacent to an activating group) is 1. The van der Waals surface area contributed by atoms with Crippen molar-refractivity contribution < 1.29 is 8.42 Å². The van der Waals surface area contributed by atoms with Gasteiger partial charge in [0, 0.05) is 25.3 Å². The summed E-state index contributed by atoms with van der Waals surface area (Å²) in [5.41, 5.74) is 0. The number of aromatic nitrogens is 2. The molecule has 0 aromatic carbocycles. The minimum atomic E-state index is -3.57. The van der Waals surface area contributed by atoms with Crippen LogP contribution in [0.25, 0.3) is 0 Å². The third-order valence-electron chi connectivity index (χ3n) is 3.13. The first-order valence-electron chi connectivity index (χ1n) is 6.35. The zero-order valence-electron chi connectivity index (χ0n) is 10.9. The van der Waals surface area contributed by atoms with Gasteiger partial charge >= 0.3 is 10.2 Å². The number of hydrogen-bond donors (Lipinski definition) is 2. The van der Waals surface area contributed by atoms with Crippen molar-refractivity contribution in [1.29, 1.82) is 0 Å². The summed E-state index contributed by atoms with van der Waals surface area (Å²) in [6, 6.07) is 3.22. The molecule has 1 aliphatic rings. The van der Waals surface area contributed by atoms with Crippen LogP contribution in [0.5, 0.6) is 0 Å². The van der Waals surface area contributed by atoms with Crippen LogP contribution in [0.3, 0.4) is 0 Å². The van der Waals surface area contributed by atoms with Crippen molar-refractivity contribution >= 4 is 16.0 Å². The Kier molecular flexibility index (Phi) is 4.67. The van der Waals surface area contributed by atoms with E-state index >= 15 is 0 Å². The van der Waals surface area contributed by atoms with E-state index in [1.807, 2.05) is 7.05 Å². The highest BCUT2D eigenvalue weighted by Crippen LogP contribution is 2.20. The summed E-state index contributed by atoms with van der Waals surface area (Å²) < 4.78 is 28.7. The van der Waals surface area contributed by atoms with Crippen LogP contribution in [-0.2, 0) is 10.2 Å². The van der Waals surface area contributed by atoms with E-state index in [0.717, 1.165) is 19.3 Å². The lowest BCUT2D eigenvalue weighted by molar-refractivity contribution is 0.250. The van der Waals surface area contributed by atoms with Crippen LogP contribution in [0, 0.1) is 0 Å². The summed E-state index contributed by atoms with van der Waals surface area (Å²) in [4.78, 5) is 0. The normalized spacial score (nSPS) is 21.2. The minimum absolute atomic E-state index is 0.00655. The average molecular weight is 285 g/mol. The van der Waals surface area contributed by atoms with Gasteiger partial charge in [0.25, 0.3) is 0 Å². The molecule has 1 saturated heterocycles. The highest BCUT2D eigenvalue weighted by molar-refractivity contribution is 7.90. The predicted molar refractivity (Wildman–Crippen MR) is 72.8 cm³/mol. The Morgan fingerprint density at radius 3 is 3.00 bits per heavy atom. The van der Waals surface area contributed by atoms with Crippen molar-refractivity contribution in [1.82, 2.24) is 19.8 Å². The van der Waals surface area contributed by atoms with Crippen LogP contribution in [0.4, 0.5) is 5.82 Å². The second-order valence-corrected chi connectivity index (χ2v) is 6.16. The number of rotatable bonds is 5. The Balaban J connectivity index is 2.13. The van der Waals surface area contributed by atoms with E-state index in [2.05, 4.69) is 20.2 Å². The summed E-state index contributed by atoms with van der Waals surface area (Å²) >= 11 is 0. The summed E-state index contributed by atoms with van der Waals surface area (Å²) in [5, 5.41) is 10.5. The van der Waals surface area contributed by atoms with Gasteiger partial charge in [0.1, 0.15) is 0 Å². The van der Waals surface area contributed by atoms with Gasteiger partial charge in [-0.15, -0.1) is 5.10 Å². The number of anilines is 1. The van der Waals surface area contributed by atoms with Crippen molar-refractivity contribution in [3.05, 3.63) is 18.3 Å². The average Bonchev–Trinajstić information content (AvgIpc) is 2.40. The fourth-order valence-electron chi connectivity index (χ4n) is 2.28. The van der Waals surface area contributed by atoms with E-state index in [1.54, 1.807) is 12.1 Å². The first-order valence-corrected chi connectivity index (χ1v) is 7.79. The molecule has 106 valence electrons. The molecule has 0 aliphatic carbocycles. The molecular weight excluding hydrogens is 266 g/mol. The Hall–Kier alpha value is -1.25. The molecule has 0 bridgehead atoms. The van der Waals surface area contributed by atoms with Gasteiger partial charge in [0.05, 0.1) is 0 Å². The van der Waals surface area contributed by atoms with Gasteiger partial charge in [-0.3, -0.25) is 4.72 Å². The lowest BCUT2D eigenvalue weighted by Gasteiger charge is -2.34. The molecule has 8 heteroatoms. The first kappa shape index (κ1) is 14.2. The van der Waals surface area contributed by atoms with E-state index in [-0.39, 0.29) is 11.9 Å². The van der Waals surface area contributed by atoms with Crippen molar-refractivity contribution in [2.24, 2.45) is 0 Å². The van der Waals surface area contributed by atoms with Crippen molar-refractivity contribution in [2.75, 3.05) is 24.9 Å². The maximum atomic E-state index is 12.4. The molecule has 0 radical (unpaired) electrons. The monoisotopic (exact) mass is 285 g/mol. The predicted octanol–water partition coefficient (Wildman–Crippen LogP) is 0.207. The maximum absolute atomic E-state index is 12.4. The lowest BCUT2D eigenvalue weighted by Crippen LogP contribution is -2.50. The van der Waals surface area contributed by atoms with Crippen molar-refractivity contribution in [2.45, 2.75) is 25.3 Å². The SMILES string of the molecule is CNCC1CCCCN1S(=O)(=O)Nc1cccnn1. The molecule has 1 aliphatic heterocycles. The van der Waals surface area contributed by atoms with Crippen LogP contribution in [0.15, 0.2) is 18.3 Å². The lowest BCUT2D eigenvalue weighted by atomic mass is 10.1. The van der Waals surface area contributed by atoms with Crippen LogP contribution in [0.2, 0.25) is 0 Å². The largest absolute Gasteiger partial charge is 0.318 e. The first-order chi connectivity index (χ1) is 9.13. The Labute approximate surface area is 113 Å². The fraction of sp³-hybridized carbons (Fsp3) is 0.636. The fourth-order valence-corrected chi connectivity index (χ4v) is 3.71. The molecule has 0 amide bonds. The van der Waals surface area contributed by atoms with Crippen LogP contribution in [0.1, 0.15) is 19.3 Å². The molecule has 1 unspecified atom stereocenters. The maximum Gasteiger partial charge on any atom is 0.303 e. The molecule has 19 heavy (non-hydrogen) atoms. The highest BCUT2D eigenvalue weighted by atomic mass is 32.2. The van der Waals surface area contributed by atoms with Gasteiger partial charge < -0.3 is 5.32 Å². The highest BCUT2D eigenvalue weighted by Gasteiger charge is 2.32. The van der Waals surface area contributed by atoms with Crippen molar-refractivity contribution in [3.63, 3.8) is 0 Å². The second kappa shape index (κ2) is 6.27. The van der Waals surface area contributed by atoms with Gasteiger partial charge in [-0.2, -0.15) is 17.8 Å². The van der Waals surface area contributed by atoms with Crippen molar-refractivity contribution in [3.8, 4) is 0 Å². The standard InChI is InChI=1S/C11H19N5O2S/c1-12-9-10-5-2-3-8-16(10)19(17,18)15-11-6-4-7-13-14-11/h4,6-7,10,12H,2-3,5,8-9H2,1H3,(H,14,15). The van der Waals surface area contributed by atoms with Gasteiger partial charge in [-0.05, 0) is 32.0 Å². The molecular formula is C11H19N5O2S. The summed E-state index contributed by atoms with van der Waals surface area (Å²) in [7, 11) is -1.74. The minimum Gasteiger partial charge on any atom is -0.318 e. The van der Waals surface area contributed by atoms with E-state index in [9.17, 15) is 8.42 Å². The molecule has 2 N–H and O–H groups in total. The number of nitrogens with one attached hydrogen (secondary N) is 2. The summed E-state index contributed by atoms with van der Waals surface area (Å²) in [6.45, 7) is 1.20. The number of hydrogen-bond acceptors (Lipinski definition) is 5. The third kappa shape index (κ3) is 3.62. The molecule has 1 fully saturated rings. The van der Waals surface area contributed by atoms with Gasteiger partial charge in [0.15, 0.2) is 5.82 Å². The van der Waals surface area contributed by atoms with E-state index < -0.39 is 10.2 Å². The van der Waals surface area contributed by atoms with Gasteiger partial charge in [-0.1, -0.05) is 6.42 Å². The molecule has 2 heterocycles. The van der Waals surface area contributed by atoms with E-state index in [0.29, 0.717) is 13.1 Å². The zero-order valence-corrected chi connectivity index (χ0v) is 11.7. The molecule has 0 spiro atoms. The number of nitrogens with zero attached hydrogens (tertiary/aromatic N) is 3. The summed E-state index contributed by atoms with van der Waals surface area (Å²) in [5.74, 6) is 0.247.